The third-order valence-electron chi connectivity index (χ3n) is 4.17. The van der Waals surface area contributed by atoms with Crippen LogP contribution in [0.3, 0.4) is 0 Å². The van der Waals surface area contributed by atoms with Gasteiger partial charge in [0.25, 0.3) is 0 Å². The SMILES string of the molecule is COC(=O)N1CCCN(C(=O)CNS(=O)(=O)c2cccc(C(F)(F)F)c2)CC1. The van der Waals surface area contributed by atoms with Crippen LogP contribution in [0.15, 0.2) is 29.2 Å². The van der Waals surface area contributed by atoms with Gasteiger partial charge in [-0.2, -0.15) is 13.2 Å². The molecule has 1 aliphatic rings. The number of halogens is 3. The average molecular weight is 423 g/mol. The highest BCUT2D eigenvalue weighted by Gasteiger charge is 2.32. The van der Waals surface area contributed by atoms with Gasteiger partial charge in [0.15, 0.2) is 0 Å². The normalized spacial score (nSPS) is 15.9. The summed E-state index contributed by atoms with van der Waals surface area (Å²) in [6.45, 7) is 0.541. The molecule has 0 spiro atoms. The summed E-state index contributed by atoms with van der Waals surface area (Å²) in [5, 5.41) is 0. The van der Waals surface area contributed by atoms with E-state index in [1.165, 1.54) is 16.9 Å². The van der Waals surface area contributed by atoms with Crippen molar-refractivity contribution in [2.45, 2.75) is 17.5 Å². The summed E-state index contributed by atoms with van der Waals surface area (Å²) in [6, 6.07) is 3.26. The Hall–Kier alpha value is -2.34. The topological polar surface area (TPSA) is 96.0 Å². The average Bonchev–Trinajstić information content (AvgIpc) is 2.91. The fourth-order valence-electron chi connectivity index (χ4n) is 2.67. The van der Waals surface area contributed by atoms with E-state index in [1.54, 1.807) is 0 Å². The minimum Gasteiger partial charge on any atom is -0.453 e. The van der Waals surface area contributed by atoms with E-state index >= 15 is 0 Å². The molecule has 1 heterocycles. The van der Waals surface area contributed by atoms with Crippen LogP contribution in [0.2, 0.25) is 0 Å². The van der Waals surface area contributed by atoms with Crippen molar-refractivity contribution in [2.24, 2.45) is 0 Å². The van der Waals surface area contributed by atoms with Gasteiger partial charge in [0.1, 0.15) is 0 Å². The molecule has 0 aliphatic carbocycles. The standard InChI is InChI=1S/C16H20F3N3O5S/c1-27-15(24)22-7-3-6-21(8-9-22)14(23)11-20-28(25,26)13-5-2-4-12(10-13)16(17,18)19/h2,4-5,10,20H,3,6-9,11H2,1H3. The van der Waals surface area contributed by atoms with Crippen molar-refractivity contribution in [2.75, 3.05) is 39.8 Å². The largest absolute Gasteiger partial charge is 0.453 e. The fourth-order valence-corrected chi connectivity index (χ4v) is 3.69. The fraction of sp³-hybridized carbons (Fsp3) is 0.500. The van der Waals surface area contributed by atoms with Crippen LogP contribution in [0.5, 0.6) is 0 Å². The lowest BCUT2D eigenvalue weighted by atomic mass is 10.2. The number of hydrogen-bond donors (Lipinski definition) is 1. The molecular weight excluding hydrogens is 403 g/mol. The molecule has 0 atom stereocenters. The highest BCUT2D eigenvalue weighted by atomic mass is 32.2. The van der Waals surface area contributed by atoms with Crippen LogP contribution < -0.4 is 4.72 Å². The van der Waals surface area contributed by atoms with Crippen molar-refractivity contribution in [3.8, 4) is 0 Å². The van der Waals surface area contributed by atoms with Crippen molar-refractivity contribution in [3.05, 3.63) is 29.8 Å². The Morgan fingerprint density at radius 3 is 2.43 bits per heavy atom. The molecule has 0 radical (unpaired) electrons. The minimum absolute atomic E-state index is 0.194. The van der Waals surface area contributed by atoms with Gasteiger partial charge in [-0.1, -0.05) is 6.07 Å². The zero-order valence-corrected chi connectivity index (χ0v) is 15.8. The van der Waals surface area contributed by atoms with E-state index in [-0.39, 0.29) is 13.1 Å². The van der Waals surface area contributed by atoms with Crippen LogP contribution in [0.25, 0.3) is 0 Å². The van der Waals surface area contributed by atoms with Gasteiger partial charge < -0.3 is 14.5 Å². The molecule has 0 bridgehead atoms. The van der Waals surface area contributed by atoms with Crippen LogP contribution in [0.1, 0.15) is 12.0 Å². The molecule has 12 heteroatoms. The lowest BCUT2D eigenvalue weighted by Gasteiger charge is -2.21. The Morgan fingerprint density at radius 1 is 1.14 bits per heavy atom. The molecule has 8 nitrogen and oxygen atoms in total. The van der Waals surface area contributed by atoms with Gasteiger partial charge in [0, 0.05) is 26.2 Å². The molecule has 1 fully saturated rings. The summed E-state index contributed by atoms with van der Waals surface area (Å²) >= 11 is 0. The number of hydrogen-bond acceptors (Lipinski definition) is 5. The molecule has 0 unspecified atom stereocenters. The van der Waals surface area contributed by atoms with Crippen molar-refractivity contribution >= 4 is 22.0 Å². The molecular formula is C16H20F3N3O5S. The quantitative estimate of drug-likeness (QED) is 0.787. The van der Waals surface area contributed by atoms with Crippen molar-refractivity contribution in [3.63, 3.8) is 0 Å². The highest BCUT2D eigenvalue weighted by Crippen LogP contribution is 2.30. The number of carbonyl (C=O) groups excluding carboxylic acids is 2. The molecule has 0 saturated carbocycles. The number of nitrogens with one attached hydrogen (secondary N) is 1. The molecule has 1 aromatic rings. The number of nitrogens with zero attached hydrogens (tertiary/aromatic N) is 2. The highest BCUT2D eigenvalue weighted by molar-refractivity contribution is 7.89. The first-order chi connectivity index (χ1) is 13.0. The van der Waals surface area contributed by atoms with E-state index < -0.39 is 45.2 Å². The number of sulfonamides is 1. The van der Waals surface area contributed by atoms with E-state index in [1.807, 2.05) is 4.72 Å². The number of amides is 2. The van der Waals surface area contributed by atoms with Crippen LogP contribution >= 0.6 is 0 Å². The molecule has 28 heavy (non-hydrogen) atoms. The number of alkyl halides is 3. The van der Waals surface area contributed by atoms with Gasteiger partial charge in [-0.15, -0.1) is 0 Å². The Kier molecular flexibility index (Phi) is 6.88. The molecule has 156 valence electrons. The number of carbonyl (C=O) groups is 2. The summed E-state index contributed by atoms with van der Waals surface area (Å²) in [4.78, 5) is 26.1. The van der Waals surface area contributed by atoms with Gasteiger partial charge in [0.2, 0.25) is 15.9 Å². The van der Waals surface area contributed by atoms with Gasteiger partial charge in [-0.05, 0) is 24.6 Å². The lowest BCUT2D eigenvalue weighted by Crippen LogP contribution is -2.42. The summed E-state index contributed by atoms with van der Waals surface area (Å²) in [5.41, 5.74) is -1.10. The van der Waals surface area contributed by atoms with Gasteiger partial charge >= 0.3 is 12.3 Å². The first-order valence-corrected chi connectivity index (χ1v) is 9.80. The van der Waals surface area contributed by atoms with E-state index in [0.717, 1.165) is 18.2 Å². The Morgan fingerprint density at radius 2 is 1.79 bits per heavy atom. The van der Waals surface area contributed by atoms with Gasteiger partial charge in [0.05, 0.1) is 24.1 Å². The smallest absolute Gasteiger partial charge is 0.416 e. The van der Waals surface area contributed by atoms with Crippen LogP contribution in [-0.2, 0) is 25.7 Å². The van der Waals surface area contributed by atoms with E-state index in [9.17, 15) is 31.2 Å². The maximum absolute atomic E-state index is 12.8. The predicted octanol–water partition coefficient (Wildman–Crippen LogP) is 1.28. The maximum Gasteiger partial charge on any atom is 0.416 e. The maximum atomic E-state index is 12.8. The van der Waals surface area contributed by atoms with Crippen LogP contribution in [0, 0.1) is 0 Å². The Balaban J connectivity index is 1.99. The Labute approximate surface area is 160 Å². The third kappa shape index (κ3) is 5.58. The number of ether oxygens (including phenoxy) is 1. The number of benzene rings is 1. The van der Waals surface area contributed by atoms with Crippen molar-refractivity contribution in [1.82, 2.24) is 14.5 Å². The second kappa shape index (κ2) is 8.78. The summed E-state index contributed by atoms with van der Waals surface area (Å²) < 4.78 is 69.4. The number of rotatable bonds is 4. The molecule has 2 amide bonds. The molecule has 0 aromatic heterocycles. The van der Waals surface area contributed by atoms with E-state index in [0.29, 0.717) is 25.6 Å². The summed E-state index contributed by atoms with van der Waals surface area (Å²) in [6.07, 6.45) is -4.71. The van der Waals surface area contributed by atoms with E-state index in [4.69, 9.17) is 0 Å². The van der Waals surface area contributed by atoms with Crippen molar-refractivity contribution in [1.29, 1.82) is 0 Å². The van der Waals surface area contributed by atoms with E-state index in [2.05, 4.69) is 4.74 Å². The third-order valence-corrected chi connectivity index (χ3v) is 5.57. The molecule has 1 aliphatic heterocycles. The first kappa shape index (κ1) is 22.0. The van der Waals surface area contributed by atoms with Gasteiger partial charge in [-0.3, -0.25) is 4.79 Å². The van der Waals surface area contributed by atoms with Gasteiger partial charge in [-0.25, -0.2) is 17.9 Å². The Bertz CT molecular complexity index is 829. The minimum atomic E-state index is -4.68. The summed E-state index contributed by atoms with van der Waals surface area (Å²) in [7, 11) is -3.05. The molecule has 1 N–H and O–H groups in total. The zero-order chi connectivity index (χ0) is 20.9. The zero-order valence-electron chi connectivity index (χ0n) is 15.0. The van der Waals surface area contributed by atoms with Crippen LogP contribution in [-0.4, -0.2) is 70.1 Å². The second-order valence-corrected chi connectivity index (χ2v) is 7.81. The second-order valence-electron chi connectivity index (χ2n) is 6.04. The lowest BCUT2D eigenvalue weighted by molar-refractivity contribution is -0.137. The predicted molar refractivity (Wildman–Crippen MR) is 91.8 cm³/mol. The van der Waals surface area contributed by atoms with Crippen LogP contribution in [0.4, 0.5) is 18.0 Å². The molecule has 2 rings (SSSR count). The van der Waals surface area contributed by atoms with Crippen molar-refractivity contribution < 1.29 is 35.9 Å². The monoisotopic (exact) mass is 423 g/mol. The molecule has 1 aromatic carbocycles. The summed E-state index contributed by atoms with van der Waals surface area (Å²) in [5.74, 6) is -0.540. The first-order valence-electron chi connectivity index (χ1n) is 8.32. The molecule has 1 saturated heterocycles. The number of methoxy groups -OCH3 is 1.